The predicted octanol–water partition coefficient (Wildman–Crippen LogP) is 0.361. The molecule has 0 aliphatic heterocycles. The molecule has 0 spiro atoms. The van der Waals surface area contributed by atoms with E-state index in [2.05, 4.69) is 4.98 Å². The summed E-state index contributed by atoms with van der Waals surface area (Å²) in [5, 5.41) is 0.337. The van der Waals surface area contributed by atoms with Crippen LogP contribution in [-0.4, -0.2) is 17.6 Å². The van der Waals surface area contributed by atoms with Gasteiger partial charge in [0.1, 0.15) is 0 Å². The van der Waals surface area contributed by atoms with Crippen LogP contribution in [0.3, 0.4) is 0 Å². The quantitative estimate of drug-likeness (QED) is 0.689. The maximum atomic E-state index is 11.2. The fourth-order valence-corrected chi connectivity index (χ4v) is 1.57. The van der Waals surface area contributed by atoms with Gasteiger partial charge in [0.05, 0.1) is 11.5 Å². The summed E-state index contributed by atoms with van der Waals surface area (Å²) in [5.74, 6) is -0.462. The van der Waals surface area contributed by atoms with Crippen molar-refractivity contribution in [3.05, 3.63) is 10.6 Å². The average Bonchev–Trinajstić information content (AvgIpc) is 2.47. The summed E-state index contributed by atoms with van der Waals surface area (Å²) in [5.41, 5.74) is 11.1. The lowest BCUT2D eigenvalue weighted by Crippen LogP contribution is -2.09. The maximum Gasteiger partial charge on any atom is 0.358 e. The summed E-state index contributed by atoms with van der Waals surface area (Å²) in [6.07, 6.45) is 0. The van der Waals surface area contributed by atoms with Crippen LogP contribution in [0, 0.1) is 0 Å². The number of carbonyl (C=O) groups is 1. The Bertz CT molecular complexity index is 311. The molecule has 13 heavy (non-hydrogen) atoms. The van der Waals surface area contributed by atoms with E-state index in [9.17, 15) is 4.79 Å². The monoisotopic (exact) mass is 201 g/mol. The number of carbonyl (C=O) groups excluding carboxylic acids is 1. The Morgan fingerprint density at radius 1 is 1.69 bits per heavy atom. The number of nitrogens with two attached hydrogens (primary N) is 2. The van der Waals surface area contributed by atoms with Gasteiger partial charge in [-0.1, -0.05) is 0 Å². The number of ether oxygens (including phenoxy) is 1. The smallest absolute Gasteiger partial charge is 0.358 e. The number of anilines is 1. The predicted molar refractivity (Wildman–Crippen MR) is 50.4 cm³/mol. The Morgan fingerprint density at radius 3 is 2.92 bits per heavy atom. The van der Waals surface area contributed by atoms with E-state index in [-0.39, 0.29) is 12.2 Å². The zero-order valence-corrected chi connectivity index (χ0v) is 8.06. The van der Waals surface area contributed by atoms with Crippen LogP contribution in [-0.2, 0) is 11.3 Å². The first-order chi connectivity index (χ1) is 6.19. The molecule has 0 amide bonds. The van der Waals surface area contributed by atoms with Crippen molar-refractivity contribution in [3.8, 4) is 0 Å². The van der Waals surface area contributed by atoms with E-state index in [4.69, 9.17) is 16.2 Å². The van der Waals surface area contributed by atoms with Crippen molar-refractivity contribution in [2.45, 2.75) is 13.5 Å². The topological polar surface area (TPSA) is 91.2 Å². The minimum absolute atomic E-state index is 0.242. The highest BCUT2D eigenvalue weighted by Crippen LogP contribution is 2.20. The molecule has 5 nitrogen and oxygen atoms in total. The zero-order valence-electron chi connectivity index (χ0n) is 7.24. The Hall–Kier alpha value is -1.14. The summed E-state index contributed by atoms with van der Waals surface area (Å²) in [6.45, 7) is 2.30. The minimum atomic E-state index is -0.462. The third-order valence-electron chi connectivity index (χ3n) is 1.37. The molecule has 0 saturated carbocycles. The maximum absolute atomic E-state index is 11.2. The molecule has 0 saturated heterocycles. The van der Waals surface area contributed by atoms with Gasteiger partial charge in [-0.25, -0.2) is 9.78 Å². The molecule has 0 aliphatic carbocycles. The lowest BCUT2D eigenvalue weighted by atomic mass is 10.3. The number of rotatable bonds is 3. The molecule has 1 heterocycles. The van der Waals surface area contributed by atoms with Crippen molar-refractivity contribution in [3.63, 3.8) is 0 Å². The Labute approximate surface area is 79.7 Å². The van der Waals surface area contributed by atoms with E-state index in [1.54, 1.807) is 6.92 Å². The fraction of sp³-hybridized carbons (Fsp3) is 0.429. The van der Waals surface area contributed by atoms with E-state index in [1.807, 2.05) is 0 Å². The number of nitrogen functional groups attached to an aromatic ring is 1. The highest BCUT2D eigenvalue weighted by atomic mass is 32.1. The molecule has 1 rings (SSSR count). The second-order valence-electron chi connectivity index (χ2n) is 2.25. The number of nitrogens with zero attached hydrogens (tertiary/aromatic N) is 1. The van der Waals surface area contributed by atoms with Gasteiger partial charge in [0.15, 0.2) is 10.8 Å². The molecule has 1 aromatic rings. The largest absolute Gasteiger partial charge is 0.461 e. The van der Waals surface area contributed by atoms with Gasteiger partial charge in [0.2, 0.25) is 0 Å². The van der Waals surface area contributed by atoms with Crippen molar-refractivity contribution in [1.29, 1.82) is 0 Å². The second-order valence-corrected chi connectivity index (χ2v) is 3.36. The molecule has 0 aliphatic rings. The molecular formula is C7H11N3O2S. The standard InChI is InChI=1S/C7H11N3O2S/c1-2-12-6(11)5-4(3-8)13-7(9)10-5/h2-3,8H2,1H3,(H2,9,10). The van der Waals surface area contributed by atoms with Gasteiger partial charge in [-0.2, -0.15) is 0 Å². The van der Waals surface area contributed by atoms with Crippen LogP contribution in [0.2, 0.25) is 0 Å². The Kier molecular flexibility index (Phi) is 3.21. The van der Waals surface area contributed by atoms with Crippen LogP contribution < -0.4 is 11.5 Å². The van der Waals surface area contributed by atoms with E-state index in [1.165, 1.54) is 11.3 Å². The molecular weight excluding hydrogens is 190 g/mol. The summed E-state index contributed by atoms with van der Waals surface area (Å²) in [6, 6.07) is 0. The van der Waals surface area contributed by atoms with Crippen molar-refractivity contribution in [2.75, 3.05) is 12.3 Å². The van der Waals surface area contributed by atoms with Gasteiger partial charge < -0.3 is 16.2 Å². The fourth-order valence-electron chi connectivity index (χ4n) is 0.867. The van der Waals surface area contributed by atoms with Crippen LogP contribution in [0.1, 0.15) is 22.3 Å². The Balaban J connectivity index is 2.91. The number of esters is 1. The molecule has 0 radical (unpaired) electrons. The van der Waals surface area contributed by atoms with Crippen molar-refractivity contribution < 1.29 is 9.53 Å². The van der Waals surface area contributed by atoms with Gasteiger partial charge in [-0.15, -0.1) is 11.3 Å². The van der Waals surface area contributed by atoms with Crippen molar-refractivity contribution in [1.82, 2.24) is 4.98 Å². The number of thiazole rings is 1. The highest BCUT2D eigenvalue weighted by Gasteiger charge is 2.16. The van der Waals surface area contributed by atoms with Crippen LogP contribution >= 0.6 is 11.3 Å². The third-order valence-corrected chi connectivity index (χ3v) is 2.27. The summed E-state index contributed by atoms with van der Waals surface area (Å²) in [7, 11) is 0. The first kappa shape index (κ1) is 9.94. The van der Waals surface area contributed by atoms with Gasteiger partial charge in [-0.05, 0) is 6.92 Å². The highest BCUT2D eigenvalue weighted by molar-refractivity contribution is 7.15. The molecule has 72 valence electrons. The molecule has 0 aromatic carbocycles. The lowest BCUT2D eigenvalue weighted by molar-refractivity contribution is 0.0519. The van der Waals surface area contributed by atoms with Crippen molar-refractivity contribution >= 4 is 22.4 Å². The number of hydrogen-bond donors (Lipinski definition) is 2. The van der Waals surface area contributed by atoms with Crippen molar-refractivity contribution in [2.24, 2.45) is 5.73 Å². The molecule has 6 heteroatoms. The summed E-state index contributed by atoms with van der Waals surface area (Å²) in [4.78, 5) is 15.8. The number of hydrogen-bond acceptors (Lipinski definition) is 6. The molecule has 0 fully saturated rings. The average molecular weight is 201 g/mol. The van der Waals surface area contributed by atoms with E-state index in [0.717, 1.165) is 0 Å². The van der Waals surface area contributed by atoms with Crippen LogP contribution in [0.5, 0.6) is 0 Å². The molecule has 0 unspecified atom stereocenters. The van der Waals surface area contributed by atoms with Gasteiger partial charge in [0, 0.05) is 6.54 Å². The van der Waals surface area contributed by atoms with Crippen LogP contribution in [0.4, 0.5) is 5.13 Å². The van der Waals surface area contributed by atoms with E-state index >= 15 is 0 Å². The normalized spacial score (nSPS) is 10.0. The third kappa shape index (κ3) is 2.16. The molecule has 0 atom stereocenters. The van der Waals surface area contributed by atoms with Gasteiger partial charge in [-0.3, -0.25) is 0 Å². The van der Waals surface area contributed by atoms with Crippen LogP contribution in [0.25, 0.3) is 0 Å². The van der Waals surface area contributed by atoms with Gasteiger partial charge >= 0.3 is 5.97 Å². The molecule has 4 N–H and O–H groups in total. The minimum Gasteiger partial charge on any atom is -0.461 e. The summed E-state index contributed by atoms with van der Waals surface area (Å²) >= 11 is 1.21. The first-order valence-electron chi connectivity index (χ1n) is 3.81. The van der Waals surface area contributed by atoms with E-state index in [0.29, 0.717) is 16.6 Å². The van der Waals surface area contributed by atoms with E-state index < -0.39 is 5.97 Å². The summed E-state index contributed by atoms with van der Waals surface area (Å²) < 4.78 is 4.78. The van der Waals surface area contributed by atoms with Gasteiger partial charge in [0.25, 0.3) is 0 Å². The zero-order chi connectivity index (χ0) is 9.84. The lowest BCUT2D eigenvalue weighted by Gasteiger charge is -1.98. The Morgan fingerprint density at radius 2 is 2.38 bits per heavy atom. The molecule has 1 aromatic heterocycles. The van der Waals surface area contributed by atoms with Crippen LogP contribution in [0.15, 0.2) is 0 Å². The molecule has 0 bridgehead atoms. The first-order valence-corrected chi connectivity index (χ1v) is 4.63. The SMILES string of the molecule is CCOC(=O)c1nc(N)sc1CN. The second kappa shape index (κ2) is 4.20. The number of aromatic nitrogens is 1.